The monoisotopic (exact) mass is 544 g/mol. The molecular weight excluding hydrogens is 503 g/mol. The molecule has 31 heavy (non-hydrogen) atoms. The number of methoxy groups -OCH3 is 1. The SMILES string of the molecule is CN=C(NCc1ccc(CN2CCCCCC2)cc1)N1CCC(COCCOC)C1.I. The lowest BCUT2D eigenvalue weighted by Gasteiger charge is -2.22. The summed E-state index contributed by atoms with van der Waals surface area (Å²) in [6.45, 7) is 8.55. The summed E-state index contributed by atoms with van der Waals surface area (Å²) >= 11 is 0. The molecule has 1 N–H and O–H groups in total. The molecule has 1 unspecified atom stereocenters. The highest BCUT2D eigenvalue weighted by Crippen LogP contribution is 2.17. The van der Waals surface area contributed by atoms with Crippen molar-refractivity contribution in [2.24, 2.45) is 10.9 Å². The Morgan fingerprint density at radius 2 is 1.74 bits per heavy atom. The zero-order chi connectivity index (χ0) is 21.0. The first-order chi connectivity index (χ1) is 14.8. The van der Waals surface area contributed by atoms with Gasteiger partial charge >= 0.3 is 0 Å². The average molecular weight is 545 g/mol. The molecule has 0 aromatic heterocycles. The molecule has 0 radical (unpaired) electrons. The van der Waals surface area contributed by atoms with Crippen LogP contribution in [0.3, 0.4) is 0 Å². The molecule has 2 heterocycles. The number of ether oxygens (including phenoxy) is 2. The topological polar surface area (TPSA) is 49.3 Å². The molecule has 3 rings (SSSR count). The van der Waals surface area contributed by atoms with Crippen molar-refractivity contribution in [3.05, 3.63) is 35.4 Å². The number of benzene rings is 1. The Morgan fingerprint density at radius 3 is 2.42 bits per heavy atom. The molecule has 0 saturated carbocycles. The second-order valence-electron chi connectivity index (χ2n) is 8.58. The second-order valence-corrected chi connectivity index (χ2v) is 8.58. The van der Waals surface area contributed by atoms with Crippen molar-refractivity contribution < 1.29 is 9.47 Å². The highest BCUT2D eigenvalue weighted by atomic mass is 127. The largest absolute Gasteiger partial charge is 0.382 e. The Morgan fingerprint density at radius 1 is 1.03 bits per heavy atom. The molecule has 0 bridgehead atoms. The quantitative estimate of drug-likeness (QED) is 0.222. The van der Waals surface area contributed by atoms with Gasteiger partial charge < -0.3 is 19.7 Å². The Kier molecular flexibility index (Phi) is 12.8. The first-order valence-corrected chi connectivity index (χ1v) is 11.6. The van der Waals surface area contributed by atoms with E-state index in [1.54, 1.807) is 7.11 Å². The van der Waals surface area contributed by atoms with Gasteiger partial charge in [0.25, 0.3) is 0 Å². The zero-order valence-corrected chi connectivity index (χ0v) is 21.7. The maximum Gasteiger partial charge on any atom is 0.193 e. The lowest BCUT2D eigenvalue weighted by atomic mass is 10.1. The molecule has 0 amide bonds. The lowest BCUT2D eigenvalue weighted by molar-refractivity contribution is 0.0536. The average Bonchev–Trinajstić information content (AvgIpc) is 3.08. The Bertz CT molecular complexity index is 633. The van der Waals surface area contributed by atoms with E-state index < -0.39 is 0 Å². The highest BCUT2D eigenvalue weighted by molar-refractivity contribution is 14.0. The van der Waals surface area contributed by atoms with Crippen LogP contribution in [0.25, 0.3) is 0 Å². The van der Waals surface area contributed by atoms with E-state index in [2.05, 4.69) is 44.4 Å². The van der Waals surface area contributed by atoms with Crippen molar-refractivity contribution in [2.45, 2.75) is 45.2 Å². The van der Waals surface area contributed by atoms with Gasteiger partial charge in [-0.05, 0) is 43.5 Å². The first-order valence-electron chi connectivity index (χ1n) is 11.6. The maximum atomic E-state index is 5.71. The summed E-state index contributed by atoms with van der Waals surface area (Å²) in [7, 11) is 3.58. The van der Waals surface area contributed by atoms with Crippen molar-refractivity contribution in [3.63, 3.8) is 0 Å². The molecule has 2 aliphatic heterocycles. The van der Waals surface area contributed by atoms with Crippen molar-refractivity contribution >= 4 is 29.9 Å². The van der Waals surface area contributed by atoms with Crippen LogP contribution < -0.4 is 5.32 Å². The van der Waals surface area contributed by atoms with Gasteiger partial charge in [-0.2, -0.15) is 0 Å². The third-order valence-electron chi connectivity index (χ3n) is 6.16. The van der Waals surface area contributed by atoms with E-state index in [0.29, 0.717) is 19.1 Å². The summed E-state index contributed by atoms with van der Waals surface area (Å²) in [5.74, 6) is 1.56. The molecule has 6 nitrogen and oxygen atoms in total. The predicted molar refractivity (Wildman–Crippen MR) is 138 cm³/mol. The molecule has 1 aromatic rings. The molecule has 1 aromatic carbocycles. The Balaban J connectivity index is 0.00000341. The molecule has 2 saturated heterocycles. The van der Waals surface area contributed by atoms with Crippen LogP contribution in [0.2, 0.25) is 0 Å². The fourth-order valence-corrected chi connectivity index (χ4v) is 4.38. The number of guanidine groups is 1. The van der Waals surface area contributed by atoms with Crippen LogP contribution in [0.15, 0.2) is 29.3 Å². The third-order valence-corrected chi connectivity index (χ3v) is 6.16. The minimum atomic E-state index is 0. The smallest absolute Gasteiger partial charge is 0.193 e. The lowest BCUT2D eigenvalue weighted by Crippen LogP contribution is -2.39. The normalized spacial score (nSPS) is 20.4. The summed E-state index contributed by atoms with van der Waals surface area (Å²) in [5.41, 5.74) is 2.72. The number of hydrogen-bond donors (Lipinski definition) is 1. The molecule has 0 spiro atoms. The zero-order valence-electron chi connectivity index (χ0n) is 19.4. The van der Waals surface area contributed by atoms with Gasteiger partial charge in [0.1, 0.15) is 0 Å². The molecule has 176 valence electrons. The van der Waals surface area contributed by atoms with Gasteiger partial charge in [0.2, 0.25) is 0 Å². The van der Waals surface area contributed by atoms with Gasteiger partial charge in [0, 0.05) is 46.3 Å². The van der Waals surface area contributed by atoms with Crippen molar-refractivity contribution in [1.29, 1.82) is 0 Å². The Labute approximate surface area is 205 Å². The van der Waals surface area contributed by atoms with Gasteiger partial charge in [-0.3, -0.25) is 9.89 Å². The van der Waals surface area contributed by atoms with Crippen LogP contribution in [0, 0.1) is 5.92 Å². The van der Waals surface area contributed by atoms with Crippen LogP contribution in [0.4, 0.5) is 0 Å². The molecule has 0 aliphatic carbocycles. The van der Waals surface area contributed by atoms with Crippen molar-refractivity contribution in [3.8, 4) is 0 Å². The van der Waals surface area contributed by atoms with Crippen LogP contribution in [-0.4, -0.2) is 75.9 Å². The number of rotatable bonds is 9. The predicted octanol–water partition coefficient (Wildman–Crippen LogP) is 3.74. The standard InChI is InChI=1S/C24H40N4O2.HI/c1-25-24(28-14-11-23(19-28)20-30-16-15-29-2)26-17-21-7-9-22(10-8-21)18-27-12-5-3-4-6-13-27;/h7-10,23H,3-6,11-20H2,1-2H3,(H,25,26);1H. The van der Waals surface area contributed by atoms with Crippen molar-refractivity contribution in [1.82, 2.24) is 15.1 Å². The molecule has 2 aliphatic rings. The number of aliphatic imine (C=N–C) groups is 1. The summed E-state index contributed by atoms with van der Waals surface area (Å²) < 4.78 is 10.7. The van der Waals surface area contributed by atoms with E-state index in [-0.39, 0.29) is 24.0 Å². The van der Waals surface area contributed by atoms with E-state index >= 15 is 0 Å². The summed E-state index contributed by atoms with van der Waals surface area (Å²) in [6.07, 6.45) is 6.62. The van der Waals surface area contributed by atoms with E-state index in [9.17, 15) is 0 Å². The maximum absolute atomic E-state index is 5.71. The molecule has 2 fully saturated rings. The summed E-state index contributed by atoms with van der Waals surface area (Å²) in [6, 6.07) is 9.08. The molecular formula is C24H41IN4O2. The van der Waals surface area contributed by atoms with Gasteiger partial charge in [-0.1, -0.05) is 37.1 Å². The van der Waals surface area contributed by atoms with Crippen LogP contribution in [-0.2, 0) is 22.6 Å². The number of halogens is 1. The first kappa shape index (κ1) is 26.4. The van der Waals surface area contributed by atoms with Crippen LogP contribution in [0.1, 0.15) is 43.2 Å². The number of nitrogens with zero attached hydrogens (tertiary/aromatic N) is 3. The minimum Gasteiger partial charge on any atom is -0.382 e. The molecule has 7 heteroatoms. The summed E-state index contributed by atoms with van der Waals surface area (Å²) in [4.78, 5) is 9.44. The second kappa shape index (κ2) is 15.0. The molecule has 1 atom stereocenters. The van der Waals surface area contributed by atoms with Gasteiger partial charge in [-0.25, -0.2) is 0 Å². The number of nitrogens with one attached hydrogen (secondary N) is 1. The van der Waals surface area contributed by atoms with Gasteiger partial charge in [0.05, 0.1) is 19.8 Å². The van der Waals surface area contributed by atoms with Crippen molar-refractivity contribution in [2.75, 3.05) is 60.2 Å². The van der Waals surface area contributed by atoms with E-state index in [4.69, 9.17) is 9.47 Å². The number of hydrogen-bond acceptors (Lipinski definition) is 4. The summed E-state index contributed by atoms with van der Waals surface area (Å²) in [5, 5.41) is 3.54. The van der Waals surface area contributed by atoms with Crippen LogP contribution >= 0.6 is 24.0 Å². The number of likely N-dealkylation sites (tertiary alicyclic amines) is 2. The minimum absolute atomic E-state index is 0. The Hall–Kier alpha value is -0.900. The van der Waals surface area contributed by atoms with E-state index in [0.717, 1.165) is 45.2 Å². The third kappa shape index (κ3) is 9.24. The van der Waals surface area contributed by atoms with Gasteiger partial charge in [-0.15, -0.1) is 24.0 Å². The van der Waals surface area contributed by atoms with E-state index in [1.807, 2.05) is 7.05 Å². The fourth-order valence-electron chi connectivity index (χ4n) is 4.38. The van der Waals surface area contributed by atoms with E-state index in [1.165, 1.54) is 49.9 Å². The highest BCUT2D eigenvalue weighted by Gasteiger charge is 2.24. The van der Waals surface area contributed by atoms with Crippen LogP contribution in [0.5, 0.6) is 0 Å². The fraction of sp³-hybridized carbons (Fsp3) is 0.708. The van der Waals surface area contributed by atoms with Gasteiger partial charge in [0.15, 0.2) is 5.96 Å².